The maximum Gasteiger partial charge on any atom is 0.220 e. The van der Waals surface area contributed by atoms with Gasteiger partial charge in [-0.3, -0.25) is 4.79 Å². The van der Waals surface area contributed by atoms with Crippen LogP contribution in [0.15, 0.2) is 12.7 Å². The molecule has 4 nitrogen and oxygen atoms in total. The molecular formula is C13H24N2O2. The van der Waals surface area contributed by atoms with Crippen LogP contribution in [0.5, 0.6) is 0 Å². The molecule has 2 unspecified atom stereocenters. The number of carbonyl (C=O) groups excluding carboxylic acids is 1. The molecule has 0 aromatic heterocycles. The van der Waals surface area contributed by atoms with E-state index in [1.165, 1.54) is 6.42 Å². The van der Waals surface area contributed by atoms with Crippen LogP contribution in [0.3, 0.4) is 0 Å². The predicted molar refractivity (Wildman–Crippen MR) is 68.6 cm³/mol. The summed E-state index contributed by atoms with van der Waals surface area (Å²) in [5.74, 6) is 0.591. The van der Waals surface area contributed by atoms with Crippen molar-refractivity contribution in [3.8, 4) is 0 Å². The largest absolute Gasteiger partial charge is 0.377 e. The first kappa shape index (κ1) is 14.2. The Morgan fingerprint density at radius 2 is 2.35 bits per heavy atom. The molecule has 0 spiro atoms. The Kier molecular flexibility index (Phi) is 6.89. The summed E-state index contributed by atoms with van der Waals surface area (Å²) in [6, 6.07) is 0.293. The van der Waals surface area contributed by atoms with Crippen LogP contribution in [0.25, 0.3) is 0 Å². The van der Waals surface area contributed by atoms with Crippen LogP contribution in [-0.4, -0.2) is 31.7 Å². The minimum atomic E-state index is 0.123. The Labute approximate surface area is 104 Å². The number of ether oxygens (including phenoxy) is 1. The Morgan fingerprint density at radius 3 is 3.06 bits per heavy atom. The lowest BCUT2D eigenvalue weighted by molar-refractivity contribution is -0.122. The number of carbonyl (C=O) groups is 1. The van der Waals surface area contributed by atoms with Gasteiger partial charge in [-0.05, 0) is 31.7 Å². The van der Waals surface area contributed by atoms with E-state index in [4.69, 9.17) is 10.5 Å². The second-order valence-electron chi connectivity index (χ2n) is 4.57. The molecule has 0 bridgehead atoms. The monoisotopic (exact) mass is 240 g/mol. The number of amides is 1. The molecule has 2 atom stereocenters. The predicted octanol–water partition coefficient (Wildman–Crippen LogP) is 1.21. The van der Waals surface area contributed by atoms with Crippen molar-refractivity contribution in [2.24, 2.45) is 11.7 Å². The average molecular weight is 240 g/mol. The molecule has 0 aliphatic heterocycles. The molecule has 0 aromatic carbocycles. The van der Waals surface area contributed by atoms with Gasteiger partial charge in [0.15, 0.2) is 0 Å². The first-order valence-electron chi connectivity index (χ1n) is 6.46. The van der Waals surface area contributed by atoms with E-state index in [0.29, 0.717) is 38.1 Å². The summed E-state index contributed by atoms with van der Waals surface area (Å²) in [6.07, 6.45) is 6.40. The zero-order chi connectivity index (χ0) is 12.5. The van der Waals surface area contributed by atoms with Gasteiger partial charge in [-0.15, -0.1) is 6.58 Å². The second kappa shape index (κ2) is 8.25. The van der Waals surface area contributed by atoms with Crippen molar-refractivity contribution in [1.29, 1.82) is 0 Å². The molecule has 1 fully saturated rings. The second-order valence-corrected chi connectivity index (χ2v) is 4.57. The maximum atomic E-state index is 11.7. The van der Waals surface area contributed by atoms with Gasteiger partial charge < -0.3 is 15.8 Å². The van der Waals surface area contributed by atoms with Gasteiger partial charge in [0.25, 0.3) is 0 Å². The van der Waals surface area contributed by atoms with E-state index >= 15 is 0 Å². The van der Waals surface area contributed by atoms with Crippen molar-refractivity contribution in [2.75, 3.05) is 19.8 Å². The summed E-state index contributed by atoms with van der Waals surface area (Å²) < 4.78 is 5.23. The molecule has 0 aromatic rings. The maximum absolute atomic E-state index is 11.7. The van der Waals surface area contributed by atoms with Crippen LogP contribution in [0.1, 0.15) is 32.1 Å². The molecule has 4 heteroatoms. The first-order valence-corrected chi connectivity index (χ1v) is 6.46. The third-order valence-electron chi connectivity index (χ3n) is 3.24. The minimum absolute atomic E-state index is 0.123. The molecule has 0 heterocycles. The van der Waals surface area contributed by atoms with E-state index in [-0.39, 0.29) is 5.91 Å². The lowest BCUT2D eigenvalue weighted by atomic mass is 10.0. The Bertz CT molecular complexity index is 244. The normalized spacial score (nSPS) is 23.6. The highest BCUT2D eigenvalue weighted by Crippen LogP contribution is 2.24. The summed E-state index contributed by atoms with van der Waals surface area (Å²) in [7, 11) is 0. The van der Waals surface area contributed by atoms with E-state index in [2.05, 4.69) is 11.9 Å². The van der Waals surface area contributed by atoms with E-state index in [9.17, 15) is 4.79 Å². The fourth-order valence-corrected chi connectivity index (χ4v) is 2.29. The topological polar surface area (TPSA) is 64.3 Å². The summed E-state index contributed by atoms with van der Waals surface area (Å²) in [5.41, 5.74) is 5.67. The molecule has 1 amide bonds. The zero-order valence-electron chi connectivity index (χ0n) is 10.5. The smallest absolute Gasteiger partial charge is 0.220 e. The first-order chi connectivity index (χ1) is 8.27. The highest BCUT2D eigenvalue weighted by Gasteiger charge is 2.26. The number of nitrogens with one attached hydrogen (secondary N) is 1. The lowest BCUT2D eigenvalue weighted by Gasteiger charge is -2.19. The Balaban J connectivity index is 2.09. The lowest BCUT2D eigenvalue weighted by Crippen LogP contribution is -2.39. The standard InChI is InChI=1S/C13H24N2O2/c1-2-8-17-9-4-7-13(16)15-12-6-3-5-11(12)10-14/h2,11-12H,1,3-10,14H2,(H,15,16). The van der Waals surface area contributed by atoms with Gasteiger partial charge in [0.2, 0.25) is 5.91 Å². The van der Waals surface area contributed by atoms with Gasteiger partial charge >= 0.3 is 0 Å². The number of hydrogen-bond acceptors (Lipinski definition) is 3. The number of hydrogen-bond donors (Lipinski definition) is 2. The van der Waals surface area contributed by atoms with Crippen molar-refractivity contribution in [3.05, 3.63) is 12.7 Å². The fourth-order valence-electron chi connectivity index (χ4n) is 2.29. The number of rotatable bonds is 8. The quantitative estimate of drug-likeness (QED) is 0.495. The van der Waals surface area contributed by atoms with Gasteiger partial charge in [0, 0.05) is 19.1 Å². The highest BCUT2D eigenvalue weighted by molar-refractivity contribution is 5.76. The number of nitrogens with two attached hydrogens (primary N) is 1. The van der Waals surface area contributed by atoms with Crippen LogP contribution in [0, 0.1) is 5.92 Å². The highest BCUT2D eigenvalue weighted by atomic mass is 16.5. The Hall–Kier alpha value is -0.870. The van der Waals surface area contributed by atoms with E-state index in [1.54, 1.807) is 6.08 Å². The van der Waals surface area contributed by atoms with Crippen LogP contribution < -0.4 is 11.1 Å². The molecule has 1 aliphatic rings. The van der Waals surface area contributed by atoms with Crippen molar-refractivity contribution >= 4 is 5.91 Å². The summed E-state index contributed by atoms with van der Waals surface area (Å²) >= 11 is 0. The van der Waals surface area contributed by atoms with E-state index in [1.807, 2.05) is 0 Å². The van der Waals surface area contributed by atoms with Gasteiger partial charge in [-0.2, -0.15) is 0 Å². The molecular weight excluding hydrogens is 216 g/mol. The van der Waals surface area contributed by atoms with Crippen molar-refractivity contribution in [1.82, 2.24) is 5.32 Å². The van der Waals surface area contributed by atoms with Crippen LogP contribution in [0.2, 0.25) is 0 Å². The summed E-state index contributed by atoms with van der Waals surface area (Å²) in [5, 5.41) is 3.08. The van der Waals surface area contributed by atoms with Crippen molar-refractivity contribution in [2.45, 2.75) is 38.1 Å². The minimum Gasteiger partial charge on any atom is -0.377 e. The Morgan fingerprint density at radius 1 is 1.53 bits per heavy atom. The molecule has 98 valence electrons. The fraction of sp³-hybridized carbons (Fsp3) is 0.769. The van der Waals surface area contributed by atoms with E-state index in [0.717, 1.165) is 19.3 Å². The molecule has 3 N–H and O–H groups in total. The van der Waals surface area contributed by atoms with Gasteiger partial charge in [0.1, 0.15) is 0 Å². The zero-order valence-corrected chi connectivity index (χ0v) is 10.5. The molecule has 1 aliphatic carbocycles. The SMILES string of the molecule is C=CCOCCCC(=O)NC1CCCC1CN. The molecule has 0 saturated heterocycles. The average Bonchev–Trinajstić information content (AvgIpc) is 2.76. The van der Waals surface area contributed by atoms with Gasteiger partial charge in [0.05, 0.1) is 6.61 Å². The molecule has 17 heavy (non-hydrogen) atoms. The molecule has 1 saturated carbocycles. The van der Waals surface area contributed by atoms with Crippen molar-refractivity contribution in [3.63, 3.8) is 0 Å². The molecule has 0 radical (unpaired) electrons. The summed E-state index contributed by atoms with van der Waals surface area (Å²) in [4.78, 5) is 11.7. The van der Waals surface area contributed by atoms with Gasteiger partial charge in [-0.25, -0.2) is 0 Å². The third kappa shape index (κ3) is 5.33. The van der Waals surface area contributed by atoms with Crippen LogP contribution in [0.4, 0.5) is 0 Å². The molecule has 1 rings (SSSR count). The summed E-state index contributed by atoms with van der Waals surface area (Å²) in [6.45, 7) is 5.41. The van der Waals surface area contributed by atoms with E-state index < -0.39 is 0 Å². The van der Waals surface area contributed by atoms with Gasteiger partial charge in [-0.1, -0.05) is 12.5 Å². The van der Waals surface area contributed by atoms with Crippen LogP contribution >= 0.6 is 0 Å². The third-order valence-corrected chi connectivity index (χ3v) is 3.24. The van der Waals surface area contributed by atoms with Crippen molar-refractivity contribution < 1.29 is 9.53 Å². The van der Waals surface area contributed by atoms with Crippen LogP contribution in [-0.2, 0) is 9.53 Å².